The third-order valence-corrected chi connectivity index (χ3v) is 0. The molecule has 0 bridgehead atoms. The van der Waals surface area contributed by atoms with Crippen molar-refractivity contribution in [1.29, 1.82) is 0 Å². The molecule has 0 aliphatic rings. The summed E-state index contributed by atoms with van der Waals surface area (Å²) in [6.45, 7) is 0. The molecule has 0 spiro atoms. The molecule has 0 saturated heterocycles. The first kappa shape index (κ1) is 27.9. The summed E-state index contributed by atoms with van der Waals surface area (Å²) >= 11 is 0. The molecule has 0 unspecified atom stereocenters. The van der Waals surface area contributed by atoms with Gasteiger partial charge in [0.25, 0.3) is 0 Å². The maximum absolute atomic E-state index is 0. The second-order valence-electron chi connectivity index (χ2n) is 0. The van der Waals surface area contributed by atoms with Gasteiger partial charge in [-0.05, 0) is 0 Å². The zero-order chi connectivity index (χ0) is 0. The quantitative estimate of drug-likeness (QED) is 0.498. The van der Waals surface area contributed by atoms with Crippen molar-refractivity contribution < 1.29 is 50.6 Å². The minimum absolute atomic E-state index is 0. The van der Waals surface area contributed by atoms with Crippen LogP contribution in [0.4, 0.5) is 0 Å². The monoisotopic (exact) mass is 267 g/mol. The number of hydrogen-bond acceptors (Lipinski definition) is 0. The Bertz CT molecular complexity index is 8.00. The Morgan fingerprint density at radius 1 is 1.00 bits per heavy atom. The van der Waals surface area contributed by atoms with Crippen LogP contribution in [-0.4, -0.2) is 45.5 Å². The molecule has 33 valence electrons. The Hall–Kier alpha value is 3.01. The molecule has 0 nitrogen and oxygen atoms in total. The van der Waals surface area contributed by atoms with Gasteiger partial charge in [-0.15, -0.1) is 0 Å². The molecule has 0 atom stereocenters. The van der Waals surface area contributed by atoms with Gasteiger partial charge >= 0.3 is 45.5 Å². The summed E-state index contributed by atoms with van der Waals surface area (Å²) in [7, 11) is 0. The van der Waals surface area contributed by atoms with Crippen molar-refractivity contribution in [2.75, 3.05) is 0 Å². The Morgan fingerprint density at radius 2 is 1.00 bits per heavy atom. The number of rotatable bonds is 0. The van der Waals surface area contributed by atoms with Crippen LogP contribution in [0.3, 0.4) is 0 Å². The summed E-state index contributed by atoms with van der Waals surface area (Å²) in [6.07, 6.45) is 0. The standard InChI is InChI=1S/Cu.Fe.Ni.Sr.2H. The minimum atomic E-state index is 0. The van der Waals surface area contributed by atoms with Gasteiger partial charge in [-0.1, -0.05) is 0 Å². The molecule has 0 aromatic carbocycles. The average Bonchev–Trinajstić information content (AvgIpc) is 0. The van der Waals surface area contributed by atoms with Gasteiger partial charge in [0.1, 0.15) is 0 Å². The normalized spacial score (nSPS) is 0. The van der Waals surface area contributed by atoms with Crippen LogP contribution in [0.5, 0.6) is 0 Å². The van der Waals surface area contributed by atoms with E-state index < -0.39 is 0 Å². The molecule has 0 fully saturated rings. The second-order valence-corrected chi connectivity index (χ2v) is 0. The average molecular weight is 268 g/mol. The van der Waals surface area contributed by atoms with Crippen molar-refractivity contribution in [2.24, 2.45) is 0 Å². The van der Waals surface area contributed by atoms with E-state index in [0.717, 1.165) is 0 Å². The van der Waals surface area contributed by atoms with E-state index in [4.69, 9.17) is 0 Å². The van der Waals surface area contributed by atoms with Gasteiger partial charge in [0, 0.05) is 50.6 Å². The predicted octanol–water partition coefficient (Wildman–Crippen LogP) is -0.924. The van der Waals surface area contributed by atoms with Crippen LogP contribution < -0.4 is 0 Å². The van der Waals surface area contributed by atoms with E-state index in [0.29, 0.717) is 0 Å². The summed E-state index contributed by atoms with van der Waals surface area (Å²) < 4.78 is 0. The first-order chi connectivity index (χ1) is 0. The predicted molar refractivity (Wildman–Crippen MR) is 8.54 cm³/mol. The fourth-order valence-corrected chi connectivity index (χ4v) is 0. The van der Waals surface area contributed by atoms with E-state index in [-0.39, 0.29) is 96.1 Å². The number of hydrogen-bond donors (Lipinski definition) is 0. The maximum atomic E-state index is 0. The summed E-state index contributed by atoms with van der Waals surface area (Å²) in [6, 6.07) is 0. The Morgan fingerprint density at radius 3 is 1.00 bits per heavy atom. The van der Waals surface area contributed by atoms with Gasteiger partial charge < -0.3 is 0 Å². The Labute approximate surface area is 94.0 Å². The van der Waals surface area contributed by atoms with Gasteiger partial charge in [0.05, 0.1) is 0 Å². The van der Waals surface area contributed by atoms with E-state index in [9.17, 15) is 0 Å². The van der Waals surface area contributed by atoms with Crippen LogP contribution in [0.2, 0.25) is 0 Å². The molecule has 0 aromatic heterocycles. The second kappa shape index (κ2) is 16.6. The Kier molecular flexibility index (Phi) is 116. The van der Waals surface area contributed by atoms with Gasteiger partial charge in [0.15, 0.2) is 0 Å². The van der Waals surface area contributed by atoms with Crippen LogP contribution >= 0.6 is 0 Å². The molecule has 0 aliphatic heterocycles. The SMILES string of the molecule is [Cu].[Fe].[Ni].[SrH2]. The van der Waals surface area contributed by atoms with Crippen molar-refractivity contribution in [3.63, 3.8) is 0 Å². The summed E-state index contributed by atoms with van der Waals surface area (Å²) in [4.78, 5) is 0. The zero-order valence-corrected chi connectivity index (χ0v) is 4.00. The molecule has 0 aromatic rings. The molecule has 4 heteroatoms. The van der Waals surface area contributed by atoms with Gasteiger partial charge in [0.2, 0.25) is 0 Å². The van der Waals surface area contributed by atoms with Crippen molar-refractivity contribution in [1.82, 2.24) is 0 Å². The molecule has 0 amide bonds. The Balaban J connectivity index is 0. The topological polar surface area (TPSA) is 0 Å². The zero-order valence-electron chi connectivity index (χ0n) is 0.971. The molecule has 4 heavy (non-hydrogen) atoms. The van der Waals surface area contributed by atoms with E-state index in [2.05, 4.69) is 0 Å². The molecule has 0 N–H and O–H groups in total. The van der Waals surface area contributed by atoms with Gasteiger partial charge in [-0.25, -0.2) is 0 Å². The van der Waals surface area contributed by atoms with E-state index >= 15 is 0 Å². The summed E-state index contributed by atoms with van der Waals surface area (Å²) in [5.41, 5.74) is 0. The molecule has 1 radical (unpaired) electrons. The fraction of sp³-hybridized carbons (Fsp3) is 0. The van der Waals surface area contributed by atoms with E-state index in [1.54, 1.807) is 0 Å². The van der Waals surface area contributed by atoms with Crippen molar-refractivity contribution >= 4 is 45.5 Å². The molecule has 0 rings (SSSR count). The van der Waals surface area contributed by atoms with Gasteiger partial charge in [-0.3, -0.25) is 0 Å². The molecule has 0 heterocycles. The molecule has 0 aliphatic carbocycles. The third-order valence-electron chi connectivity index (χ3n) is 0. The van der Waals surface area contributed by atoms with Crippen molar-refractivity contribution in [3.05, 3.63) is 0 Å². The third kappa shape index (κ3) is 8.89. The molecular weight excluding hydrogens is 266 g/mol. The fourth-order valence-electron chi connectivity index (χ4n) is 0. The summed E-state index contributed by atoms with van der Waals surface area (Å²) in [5.74, 6) is 0. The van der Waals surface area contributed by atoms with E-state index in [1.807, 2.05) is 0 Å². The van der Waals surface area contributed by atoms with E-state index in [1.165, 1.54) is 0 Å². The van der Waals surface area contributed by atoms with Gasteiger partial charge in [-0.2, -0.15) is 0 Å². The van der Waals surface area contributed by atoms with Crippen LogP contribution in [-0.2, 0) is 50.6 Å². The van der Waals surface area contributed by atoms with Crippen molar-refractivity contribution in [3.8, 4) is 0 Å². The van der Waals surface area contributed by atoms with Crippen molar-refractivity contribution in [2.45, 2.75) is 0 Å². The summed E-state index contributed by atoms with van der Waals surface area (Å²) in [5, 5.41) is 0. The van der Waals surface area contributed by atoms with Crippen LogP contribution in [0.25, 0.3) is 0 Å². The van der Waals surface area contributed by atoms with Crippen LogP contribution in [0, 0.1) is 0 Å². The first-order valence-corrected chi connectivity index (χ1v) is 0. The van der Waals surface area contributed by atoms with Crippen LogP contribution in [0.15, 0.2) is 0 Å². The first-order valence-electron chi connectivity index (χ1n) is 0. The van der Waals surface area contributed by atoms with Crippen LogP contribution in [0.1, 0.15) is 0 Å². The molecular formula is H2CuFeNiSr. The molecule has 0 saturated carbocycles.